The molecule has 8 nitrogen and oxygen atoms in total. The number of carbonyl (C=O) groups excluding carboxylic acids is 1. The molecule has 0 aliphatic heterocycles. The summed E-state index contributed by atoms with van der Waals surface area (Å²) in [6.45, 7) is 5.45. The van der Waals surface area contributed by atoms with Gasteiger partial charge >= 0.3 is 5.69 Å². The third-order valence-corrected chi connectivity index (χ3v) is 5.66. The van der Waals surface area contributed by atoms with Crippen LogP contribution < -0.4 is 21.3 Å². The van der Waals surface area contributed by atoms with E-state index in [0.29, 0.717) is 29.2 Å². The van der Waals surface area contributed by atoms with Crippen LogP contribution in [0.4, 0.5) is 0 Å². The summed E-state index contributed by atoms with van der Waals surface area (Å²) in [5, 5.41) is 3.07. The van der Waals surface area contributed by atoms with E-state index in [-0.39, 0.29) is 11.0 Å². The van der Waals surface area contributed by atoms with Gasteiger partial charge in [0.05, 0.1) is 18.2 Å². The number of carbonyl (C=O) groups is 1. The molecule has 4 rings (SSSR count). The fraction of sp³-hybridized carbons (Fsp3) is 0.231. The van der Waals surface area contributed by atoms with E-state index in [4.69, 9.17) is 4.74 Å². The average molecular weight is 459 g/mol. The SMILES string of the molecule is COc1ccccc1-n1c(=O)n(CC(=O)NCc2ccc(C)cc2)c(=O)c2c(C)cc(C)nc21. The van der Waals surface area contributed by atoms with E-state index in [1.165, 1.54) is 11.7 Å². The first kappa shape index (κ1) is 23.0. The van der Waals surface area contributed by atoms with Gasteiger partial charge in [0.25, 0.3) is 5.56 Å². The Balaban J connectivity index is 1.83. The van der Waals surface area contributed by atoms with Gasteiger partial charge < -0.3 is 10.1 Å². The molecule has 0 spiro atoms. The largest absolute Gasteiger partial charge is 0.495 e. The molecule has 0 atom stereocenters. The molecule has 0 unspecified atom stereocenters. The van der Waals surface area contributed by atoms with E-state index in [9.17, 15) is 14.4 Å². The molecule has 0 aliphatic rings. The monoisotopic (exact) mass is 458 g/mol. The van der Waals surface area contributed by atoms with E-state index in [0.717, 1.165) is 15.7 Å². The lowest BCUT2D eigenvalue weighted by molar-refractivity contribution is -0.121. The van der Waals surface area contributed by atoms with Crippen LogP contribution in [0.1, 0.15) is 22.4 Å². The van der Waals surface area contributed by atoms with Gasteiger partial charge in [-0.25, -0.2) is 18.9 Å². The minimum absolute atomic E-state index is 0.230. The fourth-order valence-corrected chi connectivity index (χ4v) is 3.95. The molecule has 2 heterocycles. The zero-order chi connectivity index (χ0) is 24.4. The maximum Gasteiger partial charge on any atom is 0.337 e. The van der Waals surface area contributed by atoms with Gasteiger partial charge in [-0.15, -0.1) is 0 Å². The van der Waals surface area contributed by atoms with Crippen molar-refractivity contribution in [2.45, 2.75) is 33.9 Å². The zero-order valence-electron chi connectivity index (χ0n) is 19.6. The van der Waals surface area contributed by atoms with Crippen molar-refractivity contribution in [3.63, 3.8) is 0 Å². The standard InChI is InChI=1S/C26H26N4O4/c1-16-9-11-19(12-10-16)14-27-22(31)15-29-25(32)23-17(2)13-18(3)28-24(23)30(26(29)33)20-7-5-6-8-21(20)34-4/h5-13H,14-15H2,1-4H3,(H,27,31). The van der Waals surface area contributed by atoms with Crippen LogP contribution in [0.5, 0.6) is 5.75 Å². The van der Waals surface area contributed by atoms with Crippen LogP contribution in [0.25, 0.3) is 16.7 Å². The number of aromatic nitrogens is 3. The van der Waals surface area contributed by atoms with Crippen LogP contribution in [0.2, 0.25) is 0 Å². The molecule has 34 heavy (non-hydrogen) atoms. The second-order valence-corrected chi connectivity index (χ2v) is 8.22. The number of ether oxygens (including phenoxy) is 1. The van der Waals surface area contributed by atoms with Crippen molar-refractivity contribution >= 4 is 16.9 Å². The predicted molar refractivity (Wildman–Crippen MR) is 131 cm³/mol. The molecule has 0 bridgehead atoms. The first-order valence-corrected chi connectivity index (χ1v) is 10.9. The van der Waals surface area contributed by atoms with Crippen molar-refractivity contribution in [2.75, 3.05) is 7.11 Å². The number of rotatable bonds is 6. The summed E-state index contributed by atoms with van der Waals surface area (Å²) in [6, 6.07) is 16.5. The number of pyridine rings is 1. The van der Waals surface area contributed by atoms with Crippen molar-refractivity contribution in [1.29, 1.82) is 0 Å². The highest BCUT2D eigenvalue weighted by molar-refractivity contribution is 5.81. The maximum atomic E-state index is 13.6. The Morgan fingerprint density at radius 1 is 1.03 bits per heavy atom. The third kappa shape index (κ3) is 4.34. The van der Waals surface area contributed by atoms with Gasteiger partial charge in [-0.2, -0.15) is 0 Å². The summed E-state index contributed by atoms with van der Waals surface area (Å²) in [5.74, 6) is 0.00399. The van der Waals surface area contributed by atoms with Gasteiger partial charge in [-0.1, -0.05) is 42.0 Å². The Kier molecular flexibility index (Phi) is 6.32. The summed E-state index contributed by atoms with van der Waals surface area (Å²) < 4.78 is 7.74. The number of aryl methyl sites for hydroxylation is 3. The topological polar surface area (TPSA) is 95.2 Å². The minimum atomic E-state index is -0.662. The summed E-state index contributed by atoms with van der Waals surface area (Å²) in [6.07, 6.45) is 0. The molecule has 2 aromatic heterocycles. The summed E-state index contributed by atoms with van der Waals surface area (Å²) in [7, 11) is 1.50. The number of methoxy groups -OCH3 is 1. The number of fused-ring (bicyclic) bond motifs is 1. The number of hydrogen-bond donors (Lipinski definition) is 1. The highest BCUT2D eigenvalue weighted by Crippen LogP contribution is 2.24. The van der Waals surface area contributed by atoms with Gasteiger partial charge in [0, 0.05) is 12.2 Å². The summed E-state index contributed by atoms with van der Waals surface area (Å²) in [5.41, 5.74) is 2.83. The molecule has 0 aliphatic carbocycles. The van der Waals surface area contributed by atoms with E-state index >= 15 is 0 Å². The van der Waals surface area contributed by atoms with Gasteiger partial charge in [0.15, 0.2) is 5.65 Å². The van der Waals surface area contributed by atoms with Crippen LogP contribution in [0, 0.1) is 20.8 Å². The van der Waals surface area contributed by atoms with E-state index in [1.54, 1.807) is 44.2 Å². The molecular formula is C26H26N4O4. The summed E-state index contributed by atoms with van der Waals surface area (Å²) in [4.78, 5) is 44.2. The number of nitrogens with one attached hydrogen (secondary N) is 1. The maximum absolute atomic E-state index is 13.6. The lowest BCUT2D eigenvalue weighted by Crippen LogP contribution is -2.44. The Morgan fingerprint density at radius 2 is 1.74 bits per heavy atom. The molecule has 0 saturated carbocycles. The number of amides is 1. The highest BCUT2D eigenvalue weighted by atomic mass is 16.5. The van der Waals surface area contributed by atoms with Crippen LogP contribution in [-0.4, -0.2) is 27.1 Å². The third-order valence-electron chi connectivity index (χ3n) is 5.66. The fourth-order valence-electron chi connectivity index (χ4n) is 3.95. The number of nitrogens with zero attached hydrogens (tertiary/aromatic N) is 3. The van der Waals surface area contributed by atoms with Gasteiger partial charge in [0.1, 0.15) is 12.3 Å². The normalized spacial score (nSPS) is 10.9. The van der Waals surface area contributed by atoms with Crippen molar-refractivity contribution < 1.29 is 9.53 Å². The van der Waals surface area contributed by atoms with Crippen LogP contribution in [0.3, 0.4) is 0 Å². The molecular weight excluding hydrogens is 432 g/mol. The molecule has 0 saturated heterocycles. The second-order valence-electron chi connectivity index (χ2n) is 8.22. The second kappa shape index (κ2) is 9.35. The quantitative estimate of drug-likeness (QED) is 0.479. The van der Waals surface area contributed by atoms with E-state index in [2.05, 4.69) is 10.3 Å². The van der Waals surface area contributed by atoms with Crippen LogP contribution in [-0.2, 0) is 17.9 Å². The Hall–Kier alpha value is -4.20. The van der Waals surface area contributed by atoms with Crippen molar-refractivity contribution in [1.82, 2.24) is 19.4 Å². The minimum Gasteiger partial charge on any atom is -0.495 e. The molecule has 0 fully saturated rings. The van der Waals surface area contributed by atoms with Gasteiger partial charge in [0.2, 0.25) is 5.91 Å². The lowest BCUT2D eigenvalue weighted by Gasteiger charge is -2.17. The Bertz CT molecular complexity index is 1500. The molecule has 4 aromatic rings. The number of para-hydroxylation sites is 2. The zero-order valence-corrected chi connectivity index (χ0v) is 19.6. The number of benzene rings is 2. The molecule has 2 aromatic carbocycles. The molecule has 1 N–H and O–H groups in total. The number of hydrogen-bond acceptors (Lipinski definition) is 5. The van der Waals surface area contributed by atoms with E-state index < -0.39 is 23.7 Å². The highest BCUT2D eigenvalue weighted by Gasteiger charge is 2.21. The molecule has 174 valence electrons. The van der Waals surface area contributed by atoms with E-state index in [1.807, 2.05) is 31.2 Å². The summed E-state index contributed by atoms with van der Waals surface area (Å²) >= 11 is 0. The first-order valence-electron chi connectivity index (χ1n) is 10.9. The lowest BCUT2D eigenvalue weighted by atomic mass is 10.1. The smallest absolute Gasteiger partial charge is 0.337 e. The van der Waals surface area contributed by atoms with Gasteiger partial charge in [-0.05, 0) is 50.1 Å². The van der Waals surface area contributed by atoms with Gasteiger partial charge in [-0.3, -0.25) is 9.59 Å². The molecule has 0 radical (unpaired) electrons. The predicted octanol–water partition coefficient (Wildman–Crippen LogP) is 2.80. The average Bonchev–Trinajstić information content (AvgIpc) is 2.81. The Morgan fingerprint density at radius 3 is 2.44 bits per heavy atom. The van der Waals surface area contributed by atoms with Crippen molar-refractivity contribution in [3.05, 3.63) is 97.8 Å². The van der Waals surface area contributed by atoms with Crippen LogP contribution >= 0.6 is 0 Å². The van der Waals surface area contributed by atoms with Crippen molar-refractivity contribution in [3.8, 4) is 11.4 Å². The van der Waals surface area contributed by atoms with Crippen molar-refractivity contribution in [2.24, 2.45) is 0 Å². The van der Waals surface area contributed by atoms with Crippen LogP contribution in [0.15, 0.2) is 64.2 Å². The Labute approximate surface area is 196 Å². The molecule has 8 heteroatoms. The first-order chi connectivity index (χ1) is 16.3. The molecule has 1 amide bonds.